The van der Waals surface area contributed by atoms with Crippen LogP contribution in [0, 0.1) is 5.92 Å². The zero-order chi connectivity index (χ0) is 13.7. The zero-order valence-corrected chi connectivity index (χ0v) is 11.4. The van der Waals surface area contributed by atoms with Crippen molar-refractivity contribution in [3.8, 4) is 0 Å². The van der Waals surface area contributed by atoms with E-state index >= 15 is 0 Å². The average molecular weight is 260 g/mol. The Balaban J connectivity index is 2.06. The third-order valence-electron chi connectivity index (χ3n) is 2.94. The highest BCUT2D eigenvalue weighted by atomic mass is 16.5. The fourth-order valence-electron chi connectivity index (χ4n) is 2.04. The number of nitrogens with zero attached hydrogens (tertiary/aromatic N) is 3. The van der Waals surface area contributed by atoms with E-state index in [2.05, 4.69) is 29.0 Å². The summed E-state index contributed by atoms with van der Waals surface area (Å²) in [6, 6.07) is 5.79. The van der Waals surface area contributed by atoms with Crippen LogP contribution in [0.15, 0.2) is 28.9 Å². The minimum absolute atomic E-state index is 0.144. The lowest BCUT2D eigenvalue weighted by Crippen LogP contribution is -2.15. The Morgan fingerprint density at radius 2 is 2.16 bits per heavy atom. The molecule has 2 N–H and O–H groups in total. The maximum atomic E-state index is 5.77. The summed E-state index contributed by atoms with van der Waals surface area (Å²) < 4.78 is 5.32. The number of aromatic nitrogens is 3. The molecule has 0 radical (unpaired) electrons. The summed E-state index contributed by atoms with van der Waals surface area (Å²) in [5.74, 6) is 2.00. The molecule has 0 aliphatic carbocycles. The van der Waals surface area contributed by atoms with Crippen LogP contribution in [-0.4, -0.2) is 21.7 Å². The Bertz CT molecular complexity index is 495. The van der Waals surface area contributed by atoms with Crippen molar-refractivity contribution in [2.45, 2.75) is 32.6 Å². The number of hydrogen-bond acceptors (Lipinski definition) is 5. The van der Waals surface area contributed by atoms with Gasteiger partial charge in [-0.3, -0.25) is 4.98 Å². The summed E-state index contributed by atoms with van der Waals surface area (Å²) in [7, 11) is 0. The number of nitrogens with two attached hydrogens (primary N) is 1. The molecule has 5 nitrogen and oxygen atoms in total. The fourth-order valence-corrected chi connectivity index (χ4v) is 2.04. The molecule has 0 bridgehead atoms. The van der Waals surface area contributed by atoms with Crippen LogP contribution in [0.3, 0.4) is 0 Å². The summed E-state index contributed by atoms with van der Waals surface area (Å²) in [6.07, 6.45) is 3.31. The van der Waals surface area contributed by atoms with Crippen molar-refractivity contribution in [3.63, 3.8) is 0 Å². The molecule has 5 heteroatoms. The minimum Gasteiger partial charge on any atom is -0.339 e. The van der Waals surface area contributed by atoms with E-state index in [0.29, 0.717) is 30.6 Å². The van der Waals surface area contributed by atoms with Gasteiger partial charge in [-0.05, 0) is 24.5 Å². The van der Waals surface area contributed by atoms with Gasteiger partial charge in [-0.2, -0.15) is 4.98 Å². The lowest BCUT2D eigenvalue weighted by atomic mass is 9.97. The van der Waals surface area contributed by atoms with Crippen LogP contribution in [0.5, 0.6) is 0 Å². The molecule has 2 aromatic heterocycles. The third kappa shape index (κ3) is 3.86. The molecule has 1 atom stereocenters. The smallest absolute Gasteiger partial charge is 0.231 e. The molecule has 0 aliphatic heterocycles. The fraction of sp³-hybridized carbons (Fsp3) is 0.500. The Hall–Kier alpha value is -1.75. The molecule has 0 spiro atoms. The van der Waals surface area contributed by atoms with Crippen LogP contribution in [-0.2, 0) is 6.42 Å². The summed E-state index contributed by atoms with van der Waals surface area (Å²) in [6.45, 7) is 4.85. The number of hydrogen-bond donors (Lipinski definition) is 1. The van der Waals surface area contributed by atoms with Crippen LogP contribution in [0.25, 0.3) is 0 Å². The van der Waals surface area contributed by atoms with Gasteiger partial charge in [-0.1, -0.05) is 25.1 Å². The largest absolute Gasteiger partial charge is 0.339 e. The molecule has 2 heterocycles. The van der Waals surface area contributed by atoms with E-state index < -0.39 is 0 Å². The predicted octanol–water partition coefficient (Wildman–Crippen LogP) is 2.14. The maximum absolute atomic E-state index is 5.77. The Kier molecular flexibility index (Phi) is 4.63. The Morgan fingerprint density at radius 3 is 2.79 bits per heavy atom. The van der Waals surface area contributed by atoms with E-state index in [1.807, 2.05) is 18.2 Å². The lowest BCUT2D eigenvalue weighted by Gasteiger charge is -2.11. The zero-order valence-electron chi connectivity index (χ0n) is 11.4. The van der Waals surface area contributed by atoms with Gasteiger partial charge in [-0.25, -0.2) is 0 Å². The van der Waals surface area contributed by atoms with Gasteiger partial charge in [-0.15, -0.1) is 0 Å². The molecule has 0 saturated heterocycles. The second-order valence-electron chi connectivity index (χ2n) is 5.11. The van der Waals surface area contributed by atoms with Gasteiger partial charge in [0.05, 0.1) is 12.3 Å². The monoisotopic (exact) mass is 260 g/mol. The topological polar surface area (TPSA) is 77.8 Å². The molecule has 102 valence electrons. The number of pyridine rings is 1. The van der Waals surface area contributed by atoms with Crippen molar-refractivity contribution >= 4 is 0 Å². The number of rotatable bonds is 6. The molecule has 0 amide bonds. The quantitative estimate of drug-likeness (QED) is 0.861. The Labute approximate surface area is 113 Å². The van der Waals surface area contributed by atoms with Crippen LogP contribution in [0.2, 0.25) is 0 Å². The van der Waals surface area contributed by atoms with Crippen molar-refractivity contribution in [3.05, 3.63) is 41.8 Å². The summed E-state index contributed by atoms with van der Waals surface area (Å²) >= 11 is 0. The van der Waals surface area contributed by atoms with Crippen LogP contribution < -0.4 is 5.73 Å². The third-order valence-corrected chi connectivity index (χ3v) is 2.94. The van der Waals surface area contributed by atoms with Crippen LogP contribution >= 0.6 is 0 Å². The SMILES string of the molecule is CC(C)CC(CN)c1nc(Cc2ccccn2)no1. The molecule has 0 saturated carbocycles. The molecule has 2 rings (SSSR count). The standard InChI is InChI=1S/C14H20N4O/c1-10(2)7-11(9-15)14-17-13(18-19-14)8-12-5-3-4-6-16-12/h3-6,10-11H,7-9,15H2,1-2H3. The van der Waals surface area contributed by atoms with Crippen molar-refractivity contribution in [2.75, 3.05) is 6.54 Å². The lowest BCUT2D eigenvalue weighted by molar-refractivity contribution is 0.332. The first-order chi connectivity index (χ1) is 9.19. The van der Waals surface area contributed by atoms with E-state index in [4.69, 9.17) is 10.3 Å². The first-order valence-electron chi connectivity index (χ1n) is 6.61. The molecule has 1 unspecified atom stereocenters. The molecule has 0 fully saturated rings. The molecule has 19 heavy (non-hydrogen) atoms. The first kappa shape index (κ1) is 13.7. The highest BCUT2D eigenvalue weighted by Gasteiger charge is 2.19. The van der Waals surface area contributed by atoms with Gasteiger partial charge < -0.3 is 10.3 Å². The maximum Gasteiger partial charge on any atom is 0.231 e. The van der Waals surface area contributed by atoms with E-state index in [1.54, 1.807) is 6.20 Å². The van der Waals surface area contributed by atoms with E-state index in [1.165, 1.54) is 0 Å². The van der Waals surface area contributed by atoms with Gasteiger partial charge in [0, 0.05) is 18.4 Å². The Morgan fingerprint density at radius 1 is 1.32 bits per heavy atom. The van der Waals surface area contributed by atoms with E-state index in [0.717, 1.165) is 12.1 Å². The van der Waals surface area contributed by atoms with Crippen molar-refractivity contribution in [1.82, 2.24) is 15.1 Å². The highest BCUT2D eigenvalue weighted by molar-refractivity contribution is 5.09. The highest BCUT2D eigenvalue weighted by Crippen LogP contribution is 2.21. The molecule has 2 aromatic rings. The van der Waals surface area contributed by atoms with Gasteiger partial charge in [0.1, 0.15) is 0 Å². The first-order valence-corrected chi connectivity index (χ1v) is 6.61. The van der Waals surface area contributed by atoms with Gasteiger partial charge in [0.15, 0.2) is 5.82 Å². The minimum atomic E-state index is 0.144. The molecular weight excluding hydrogens is 240 g/mol. The van der Waals surface area contributed by atoms with Gasteiger partial charge in [0.2, 0.25) is 5.89 Å². The molecule has 0 aromatic carbocycles. The van der Waals surface area contributed by atoms with Crippen molar-refractivity contribution in [1.29, 1.82) is 0 Å². The van der Waals surface area contributed by atoms with Crippen LogP contribution in [0.4, 0.5) is 0 Å². The summed E-state index contributed by atoms with van der Waals surface area (Å²) in [5.41, 5.74) is 6.71. The normalized spacial score (nSPS) is 12.8. The average Bonchev–Trinajstić information content (AvgIpc) is 2.85. The molecule has 0 aliphatic rings. The van der Waals surface area contributed by atoms with Crippen molar-refractivity contribution < 1.29 is 4.52 Å². The summed E-state index contributed by atoms with van der Waals surface area (Å²) in [4.78, 5) is 8.68. The second-order valence-corrected chi connectivity index (χ2v) is 5.11. The van der Waals surface area contributed by atoms with E-state index in [-0.39, 0.29) is 5.92 Å². The van der Waals surface area contributed by atoms with Crippen molar-refractivity contribution in [2.24, 2.45) is 11.7 Å². The predicted molar refractivity (Wildman–Crippen MR) is 72.6 cm³/mol. The van der Waals surface area contributed by atoms with Gasteiger partial charge >= 0.3 is 0 Å². The van der Waals surface area contributed by atoms with E-state index in [9.17, 15) is 0 Å². The van der Waals surface area contributed by atoms with Crippen LogP contribution in [0.1, 0.15) is 43.6 Å². The summed E-state index contributed by atoms with van der Waals surface area (Å²) in [5, 5.41) is 4.01. The second kappa shape index (κ2) is 6.43. The molecular formula is C14H20N4O. The van der Waals surface area contributed by atoms with Gasteiger partial charge in [0.25, 0.3) is 0 Å².